The number of amides is 1. The molecule has 0 atom stereocenters. The van der Waals surface area contributed by atoms with Crippen molar-refractivity contribution in [1.82, 2.24) is 24.8 Å². The monoisotopic (exact) mass is 425 g/mol. The number of halogens is 1. The van der Waals surface area contributed by atoms with Crippen molar-refractivity contribution in [2.45, 2.75) is 12.8 Å². The first-order valence-corrected chi connectivity index (χ1v) is 10.8. The molecule has 0 saturated carbocycles. The number of hydrogen-bond donors (Lipinski definition) is 1. The first-order chi connectivity index (χ1) is 14.7. The Hall–Kier alpha value is -2.87. The summed E-state index contributed by atoms with van der Waals surface area (Å²) in [5.74, 6) is 1.96. The van der Waals surface area contributed by atoms with Gasteiger partial charge < -0.3 is 19.7 Å². The molecule has 3 aromatic rings. The minimum atomic E-state index is 0.0830. The van der Waals surface area contributed by atoms with Crippen LogP contribution in [0.25, 0.3) is 11.0 Å². The lowest BCUT2D eigenvalue weighted by Crippen LogP contribution is -2.52. The van der Waals surface area contributed by atoms with Crippen molar-refractivity contribution in [2.75, 3.05) is 49.1 Å². The van der Waals surface area contributed by atoms with Gasteiger partial charge in [-0.15, -0.1) is 0 Å². The van der Waals surface area contributed by atoms with Crippen LogP contribution in [0.5, 0.6) is 0 Å². The highest BCUT2D eigenvalue weighted by Crippen LogP contribution is 2.26. The van der Waals surface area contributed by atoms with Crippen LogP contribution in [-0.4, -0.2) is 70.0 Å². The zero-order valence-electron chi connectivity index (χ0n) is 16.7. The number of piperazine rings is 1. The average molecular weight is 426 g/mol. The first kappa shape index (κ1) is 19.1. The van der Waals surface area contributed by atoms with Crippen molar-refractivity contribution in [1.29, 1.82) is 0 Å². The Kier molecular flexibility index (Phi) is 5.16. The fourth-order valence-electron chi connectivity index (χ4n) is 4.30. The normalized spacial score (nSPS) is 18.2. The highest BCUT2D eigenvalue weighted by Gasteiger charge is 2.31. The summed E-state index contributed by atoms with van der Waals surface area (Å²) in [4.78, 5) is 36.0. The van der Waals surface area contributed by atoms with E-state index in [0.29, 0.717) is 5.02 Å². The summed E-state index contributed by atoms with van der Waals surface area (Å²) >= 11 is 6.07. The largest absolute Gasteiger partial charge is 0.342 e. The second-order valence-corrected chi connectivity index (χ2v) is 8.28. The van der Waals surface area contributed by atoms with E-state index in [2.05, 4.69) is 29.7 Å². The van der Waals surface area contributed by atoms with Crippen molar-refractivity contribution in [3.05, 3.63) is 41.7 Å². The average Bonchev–Trinajstić information content (AvgIpc) is 3.23. The second kappa shape index (κ2) is 8.10. The SMILES string of the molecule is O=C(C1CCN(c2nc3ccc(Cl)cc3[nH]2)CC1)N1CCN(c2ncccn2)CC1. The van der Waals surface area contributed by atoms with Crippen LogP contribution < -0.4 is 9.80 Å². The zero-order chi connectivity index (χ0) is 20.5. The number of benzene rings is 1. The van der Waals surface area contributed by atoms with E-state index >= 15 is 0 Å². The van der Waals surface area contributed by atoms with Gasteiger partial charge in [0, 0.05) is 62.6 Å². The van der Waals surface area contributed by atoms with E-state index in [9.17, 15) is 4.79 Å². The van der Waals surface area contributed by atoms with Gasteiger partial charge in [-0.1, -0.05) is 11.6 Å². The number of hydrogen-bond acceptors (Lipinski definition) is 6. The van der Waals surface area contributed by atoms with Crippen molar-refractivity contribution in [2.24, 2.45) is 5.92 Å². The minimum Gasteiger partial charge on any atom is -0.342 e. The number of imidazole rings is 1. The highest BCUT2D eigenvalue weighted by atomic mass is 35.5. The lowest BCUT2D eigenvalue weighted by molar-refractivity contribution is -0.136. The quantitative estimate of drug-likeness (QED) is 0.694. The Bertz CT molecular complexity index is 1020. The molecule has 8 nitrogen and oxygen atoms in total. The van der Waals surface area contributed by atoms with E-state index in [0.717, 1.165) is 75.0 Å². The number of nitrogens with zero attached hydrogens (tertiary/aromatic N) is 6. The number of aromatic amines is 1. The van der Waals surface area contributed by atoms with Gasteiger partial charge in [0.05, 0.1) is 11.0 Å². The maximum absolute atomic E-state index is 13.0. The lowest BCUT2D eigenvalue weighted by atomic mass is 9.95. The number of anilines is 2. The molecule has 4 heterocycles. The number of fused-ring (bicyclic) bond motifs is 1. The molecule has 1 amide bonds. The number of aromatic nitrogens is 4. The number of rotatable bonds is 3. The Morgan fingerprint density at radius 3 is 2.47 bits per heavy atom. The number of nitrogens with one attached hydrogen (secondary N) is 1. The molecule has 0 unspecified atom stereocenters. The van der Waals surface area contributed by atoms with Gasteiger partial charge in [-0.25, -0.2) is 15.0 Å². The minimum absolute atomic E-state index is 0.0830. The third-order valence-corrected chi connectivity index (χ3v) is 6.24. The summed E-state index contributed by atoms with van der Waals surface area (Å²) < 4.78 is 0. The molecule has 30 heavy (non-hydrogen) atoms. The molecule has 1 N–H and O–H groups in total. The Labute approximate surface area is 179 Å². The summed E-state index contributed by atoms with van der Waals surface area (Å²) in [7, 11) is 0. The fourth-order valence-corrected chi connectivity index (χ4v) is 4.47. The molecule has 9 heteroatoms. The Morgan fingerprint density at radius 2 is 1.73 bits per heavy atom. The molecule has 0 radical (unpaired) electrons. The van der Waals surface area contributed by atoms with Crippen LogP contribution in [0.3, 0.4) is 0 Å². The van der Waals surface area contributed by atoms with Crippen LogP contribution >= 0.6 is 11.6 Å². The van der Waals surface area contributed by atoms with Crippen molar-refractivity contribution >= 4 is 40.4 Å². The molecule has 0 aliphatic carbocycles. The van der Waals surface area contributed by atoms with Crippen molar-refractivity contribution in [3.63, 3.8) is 0 Å². The van der Waals surface area contributed by atoms with Gasteiger partial charge in [0.2, 0.25) is 17.8 Å². The molecule has 1 aromatic carbocycles. The Morgan fingerprint density at radius 1 is 1.00 bits per heavy atom. The molecule has 2 aliphatic heterocycles. The summed E-state index contributed by atoms with van der Waals surface area (Å²) in [6.45, 7) is 4.64. The van der Waals surface area contributed by atoms with E-state index in [1.165, 1.54) is 0 Å². The van der Waals surface area contributed by atoms with Gasteiger partial charge in [-0.2, -0.15) is 0 Å². The standard InChI is InChI=1S/C21H24ClN7O/c22-16-2-3-17-18(14-16)26-21(25-17)28-8-4-15(5-9-28)19(30)27-10-12-29(13-11-27)20-23-6-1-7-24-20/h1-3,6-7,14-15H,4-5,8-13H2,(H,25,26). The van der Waals surface area contributed by atoms with E-state index in [1.54, 1.807) is 12.4 Å². The highest BCUT2D eigenvalue weighted by molar-refractivity contribution is 6.31. The third-order valence-electron chi connectivity index (χ3n) is 6.00. The summed E-state index contributed by atoms with van der Waals surface area (Å²) in [5.41, 5.74) is 1.85. The number of H-pyrrole nitrogens is 1. The molecule has 2 saturated heterocycles. The zero-order valence-corrected chi connectivity index (χ0v) is 17.4. The van der Waals surface area contributed by atoms with Crippen LogP contribution in [0.1, 0.15) is 12.8 Å². The van der Waals surface area contributed by atoms with Crippen LogP contribution in [0.2, 0.25) is 5.02 Å². The van der Waals surface area contributed by atoms with E-state index in [1.807, 2.05) is 29.2 Å². The summed E-state index contributed by atoms with van der Waals surface area (Å²) in [6, 6.07) is 7.48. The topological polar surface area (TPSA) is 81.3 Å². The molecular formula is C21H24ClN7O. The smallest absolute Gasteiger partial charge is 0.225 e. The van der Waals surface area contributed by atoms with Gasteiger partial charge in [0.25, 0.3) is 0 Å². The van der Waals surface area contributed by atoms with Crippen molar-refractivity contribution < 1.29 is 4.79 Å². The summed E-state index contributed by atoms with van der Waals surface area (Å²) in [6.07, 6.45) is 5.20. The molecular weight excluding hydrogens is 402 g/mol. The second-order valence-electron chi connectivity index (χ2n) is 7.84. The van der Waals surface area contributed by atoms with Gasteiger partial charge in [-0.3, -0.25) is 4.79 Å². The number of carbonyl (C=O) groups excluding carboxylic acids is 1. The molecule has 2 aliphatic rings. The molecule has 2 fully saturated rings. The van der Waals surface area contributed by atoms with Gasteiger partial charge in [0.1, 0.15) is 0 Å². The van der Waals surface area contributed by atoms with E-state index in [4.69, 9.17) is 11.6 Å². The Balaban J connectivity index is 1.16. The third kappa shape index (κ3) is 3.79. The predicted molar refractivity (Wildman–Crippen MR) is 117 cm³/mol. The van der Waals surface area contributed by atoms with Gasteiger partial charge in [-0.05, 0) is 37.1 Å². The predicted octanol–water partition coefficient (Wildman–Crippen LogP) is 2.57. The van der Waals surface area contributed by atoms with Crippen molar-refractivity contribution in [3.8, 4) is 0 Å². The number of piperidine rings is 1. The maximum atomic E-state index is 13.0. The first-order valence-electron chi connectivity index (χ1n) is 10.4. The van der Waals surface area contributed by atoms with Crippen LogP contribution in [-0.2, 0) is 4.79 Å². The van der Waals surface area contributed by atoms with Gasteiger partial charge >= 0.3 is 0 Å². The van der Waals surface area contributed by atoms with E-state index in [-0.39, 0.29) is 11.8 Å². The number of carbonyl (C=O) groups is 1. The summed E-state index contributed by atoms with van der Waals surface area (Å²) in [5, 5.41) is 0.695. The molecule has 0 spiro atoms. The molecule has 156 valence electrons. The van der Waals surface area contributed by atoms with Gasteiger partial charge in [0.15, 0.2) is 0 Å². The molecule has 2 aromatic heterocycles. The molecule has 5 rings (SSSR count). The van der Waals surface area contributed by atoms with Crippen LogP contribution in [0, 0.1) is 5.92 Å². The van der Waals surface area contributed by atoms with Crippen LogP contribution in [0.15, 0.2) is 36.7 Å². The molecule has 0 bridgehead atoms. The lowest BCUT2D eigenvalue weighted by Gasteiger charge is -2.38. The fraction of sp³-hybridized carbons (Fsp3) is 0.429. The van der Waals surface area contributed by atoms with E-state index < -0.39 is 0 Å². The van der Waals surface area contributed by atoms with Crippen LogP contribution in [0.4, 0.5) is 11.9 Å². The maximum Gasteiger partial charge on any atom is 0.225 e.